The van der Waals surface area contributed by atoms with Crippen LogP contribution < -0.4 is 5.32 Å². The molecule has 0 aromatic heterocycles. The Kier molecular flexibility index (Phi) is 9.53. The third-order valence-corrected chi connectivity index (χ3v) is 3.93. The first-order chi connectivity index (χ1) is 11.1. The van der Waals surface area contributed by atoms with Gasteiger partial charge in [0.1, 0.15) is 5.82 Å². The maximum atomic E-state index is 13.4. The summed E-state index contributed by atoms with van der Waals surface area (Å²) < 4.78 is 19.0. The molecular formula is C17H27FIN3O2. The number of likely N-dealkylation sites (N-methyl/N-ethyl adjacent to an activating group) is 1. The Morgan fingerprint density at radius 3 is 2.83 bits per heavy atom. The van der Waals surface area contributed by atoms with Gasteiger partial charge in [0.05, 0.1) is 13.2 Å². The van der Waals surface area contributed by atoms with Crippen molar-refractivity contribution in [2.75, 3.05) is 33.9 Å². The Hall–Kier alpha value is -0.930. The van der Waals surface area contributed by atoms with Gasteiger partial charge in [-0.05, 0) is 36.5 Å². The van der Waals surface area contributed by atoms with Crippen LogP contribution in [0, 0.1) is 11.7 Å². The normalized spacial score (nSPS) is 14.2. The van der Waals surface area contributed by atoms with E-state index in [4.69, 9.17) is 9.84 Å². The number of aliphatic hydroxyl groups is 1. The van der Waals surface area contributed by atoms with Gasteiger partial charge < -0.3 is 20.1 Å². The quantitative estimate of drug-likeness (QED) is 0.276. The first kappa shape index (κ1) is 21.1. The molecule has 0 aliphatic heterocycles. The van der Waals surface area contributed by atoms with Crippen molar-refractivity contribution in [2.45, 2.75) is 26.0 Å². The van der Waals surface area contributed by atoms with E-state index >= 15 is 0 Å². The highest BCUT2D eigenvalue weighted by atomic mass is 127. The molecule has 24 heavy (non-hydrogen) atoms. The minimum atomic E-state index is -0.384. The maximum Gasteiger partial charge on any atom is 0.193 e. The largest absolute Gasteiger partial charge is 0.392 e. The second kappa shape index (κ2) is 10.8. The van der Waals surface area contributed by atoms with Gasteiger partial charge in [0.2, 0.25) is 0 Å². The van der Waals surface area contributed by atoms with Crippen molar-refractivity contribution in [1.29, 1.82) is 0 Å². The minimum Gasteiger partial charge on any atom is -0.392 e. The van der Waals surface area contributed by atoms with E-state index in [0.29, 0.717) is 18.7 Å². The SMILES string of the molecule is CN=C(NCc1ccc(F)c(CO)c1)N(C)CCOCC1CC1.I. The highest BCUT2D eigenvalue weighted by Gasteiger charge is 2.21. The Balaban J connectivity index is 0.00000288. The molecule has 1 fully saturated rings. The number of guanidine groups is 1. The van der Waals surface area contributed by atoms with Crippen LogP contribution in [-0.2, 0) is 17.9 Å². The Labute approximate surface area is 160 Å². The average molecular weight is 451 g/mol. The Morgan fingerprint density at radius 2 is 2.21 bits per heavy atom. The molecule has 5 nitrogen and oxygen atoms in total. The van der Waals surface area contributed by atoms with Gasteiger partial charge in [0.15, 0.2) is 5.96 Å². The summed E-state index contributed by atoms with van der Waals surface area (Å²) in [6.45, 7) is 2.52. The zero-order chi connectivity index (χ0) is 16.7. The van der Waals surface area contributed by atoms with Crippen molar-refractivity contribution < 1.29 is 14.2 Å². The Morgan fingerprint density at radius 1 is 1.46 bits per heavy atom. The second-order valence-electron chi connectivity index (χ2n) is 5.92. The van der Waals surface area contributed by atoms with Gasteiger partial charge in [-0.15, -0.1) is 24.0 Å². The third kappa shape index (κ3) is 6.90. The average Bonchev–Trinajstić information content (AvgIpc) is 3.38. The van der Waals surface area contributed by atoms with Gasteiger partial charge in [-0.25, -0.2) is 4.39 Å². The molecule has 0 radical (unpaired) electrons. The first-order valence-corrected chi connectivity index (χ1v) is 8.01. The van der Waals surface area contributed by atoms with Gasteiger partial charge in [-0.3, -0.25) is 4.99 Å². The van der Waals surface area contributed by atoms with Crippen molar-refractivity contribution in [2.24, 2.45) is 10.9 Å². The van der Waals surface area contributed by atoms with E-state index in [1.165, 1.54) is 18.9 Å². The fourth-order valence-corrected chi connectivity index (χ4v) is 2.27. The monoisotopic (exact) mass is 451 g/mol. The van der Waals surface area contributed by atoms with Crippen molar-refractivity contribution in [3.8, 4) is 0 Å². The van der Waals surface area contributed by atoms with Crippen molar-refractivity contribution in [3.63, 3.8) is 0 Å². The molecule has 0 heterocycles. The lowest BCUT2D eigenvalue weighted by atomic mass is 10.1. The molecular weight excluding hydrogens is 424 g/mol. The number of hydrogen-bond donors (Lipinski definition) is 2. The fraction of sp³-hybridized carbons (Fsp3) is 0.588. The number of aliphatic imine (C=N–C) groups is 1. The summed E-state index contributed by atoms with van der Waals surface area (Å²) in [5.74, 6) is 1.15. The summed E-state index contributed by atoms with van der Waals surface area (Å²) in [5, 5.41) is 12.3. The molecule has 0 spiro atoms. The molecule has 1 saturated carbocycles. The van der Waals surface area contributed by atoms with Crippen molar-refractivity contribution in [3.05, 3.63) is 35.1 Å². The molecule has 0 bridgehead atoms. The molecule has 0 saturated heterocycles. The molecule has 7 heteroatoms. The van der Waals surface area contributed by atoms with Crippen LogP contribution in [0.3, 0.4) is 0 Å². The molecule has 2 rings (SSSR count). The van der Waals surface area contributed by atoms with Crippen LogP contribution in [-0.4, -0.2) is 49.8 Å². The van der Waals surface area contributed by atoms with Crippen LogP contribution in [0.25, 0.3) is 0 Å². The number of ether oxygens (including phenoxy) is 1. The van der Waals surface area contributed by atoms with Gasteiger partial charge in [-0.2, -0.15) is 0 Å². The summed E-state index contributed by atoms with van der Waals surface area (Å²) >= 11 is 0. The van der Waals surface area contributed by atoms with E-state index in [1.54, 1.807) is 19.2 Å². The van der Waals surface area contributed by atoms with Crippen LogP contribution in [0.2, 0.25) is 0 Å². The third-order valence-electron chi connectivity index (χ3n) is 3.93. The van der Waals surface area contributed by atoms with E-state index in [1.807, 2.05) is 11.9 Å². The van der Waals surface area contributed by atoms with Gasteiger partial charge >= 0.3 is 0 Å². The summed E-state index contributed by atoms with van der Waals surface area (Å²) in [7, 11) is 3.69. The van der Waals surface area contributed by atoms with Crippen LogP contribution in [0.4, 0.5) is 4.39 Å². The number of aliphatic hydroxyl groups excluding tert-OH is 1. The molecule has 1 aromatic carbocycles. The number of halogens is 2. The van der Waals surface area contributed by atoms with Gasteiger partial charge in [-0.1, -0.05) is 6.07 Å². The first-order valence-electron chi connectivity index (χ1n) is 8.01. The van der Waals surface area contributed by atoms with Gasteiger partial charge in [0.25, 0.3) is 0 Å². The molecule has 136 valence electrons. The molecule has 2 N–H and O–H groups in total. The fourth-order valence-electron chi connectivity index (χ4n) is 2.27. The summed E-state index contributed by atoms with van der Waals surface area (Å²) in [5.41, 5.74) is 1.20. The summed E-state index contributed by atoms with van der Waals surface area (Å²) in [6.07, 6.45) is 2.60. The highest BCUT2D eigenvalue weighted by Crippen LogP contribution is 2.28. The molecule has 0 unspecified atom stereocenters. The number of rotatable bonds is 8. The number of benzene rings is 1. The number of nitrogens with one attached hydrogen (secondary N) is 1. The molecule has 1 aliphatic rings. The lowest BCUT2D eigenvalue weighted by Crippen LogP contribution is -2.40. The Bertz CT molecular complexity index is 539. The van der Waals surface area contributed by atoms with Gasteiger partial charge in [0, 0.05) is 39.4 Å². The molecule has 0 atom stereocenters. The molecule has 0 amide bonds. The van der Waals surface area contributed by atoms with Crippen LogP contribution >= 0.6 is 24.0 Å². The van der Waals surface area contributed by atoms with Crippen molar-refractivity contribution >= 4 is 29.9 Å². The standard InChI is InChI=1S/C17H26FN3O2.HI/c1-19-17(21(2)7-8-23-12-13-3-4-13)20-10-14-5-6-16(18)15(9-14)11-22;/h5-6,9,13,22H,3-4,7-8,10-12H2,1-2H3,(H,19,20);1H. The van der Waals surface area contributed by atoms with E-state index in [-0.39, 0.29) is 36.4 Å². The zero-order valence-electron chi connectivity index (χ0n) is 14.3. The topological polar surface area (TPSA) is 57.1 Å². The predicted molar refractivity (Wildman–Crippen MR) is 104 cm³/mol. The summed E-state index contributed by atoms with van der Waals surface area (Å²) in [6, 6.07) is 4.74. The van der Waals surface area contributed by atoms with E-state index < -0.39 is 0 Å². The minimum absolute atomic E-state index is 0. The lowest BCUT2D eigenvalue weighted by Gasteiger charge is -2.22. The predicted octanol–water partition coefficient (Wildman–Crippen LogP) is 2.37. The van der Waals surface area contributed by atoms with Crippen LogP contribution in [0.5, 0.6) is 0 Å². The van der Waals surface area contributed by atoms with E-state index in [2.05, 4.69) is 10.3 Å². The van der Waals surface area contributed by atoms with Crippen LogP contribution in [0.1, 0.15) is 24.0 Å². The van der Waals surface area contributed by atoms with Crippen molar-refractivity contribution in [1.82, 2.24) is 10.2 Å². The second-order valence-corrected chi connectivity index (χ2v) is 5.92. The highest BCUT2D eigenvalue weighted by molar-refractivity contribution is 14.0. The molecule has 1 aromatic rings. The lowest BCUT2D eigenvalue weighted by molar-refractivity contribution is 0.115. The maximum absolute atomic E-state index is 13.4. The van der Waals surface area contributed by atoms with Crippen LogP contribution in [0.15, 0.2) is 23.2 Å². The number of hydrogen-bond acceptors (Lipinski definition) is 3. The summed E-state index contributed by atoms with van der Waals surface area (Å²) in [4.78, 5) is 6.25. The molecule has 1 aliphatic carbocycles. The van der Waals surface area contributed by atoms with E-state index in [0.717, 1.165) is 30.6 Å². The smallest absolute Gasteiger partial charge is 0.193 e. The van der Waals surface area contributed by atoms with E-state index in [9.17, 15) is 4.39 Å². The number of nitrogens with zero attached hydrogens (tertiary/aromatic N) is 2. The zero-order valence-corrected chi connectivity index (χ0v) is 16.6.